The largest absolute Gasteiger partial charge is 0.466 e. The molecule has 0 aliphatic carbocycles. The maximum absolute atomic E-state index is 10.8. The van der Waals surface area contributed by atoms with Crippen LogP contribution in [0.15, 0.2) is 15.5 Å². The molecule has 0 radical (unpaired) electrons. The lowest BCUT2D eigenvalue weighted by molar-refractivity contribution is 0.0656. The zero-order valence-corrected chi connectivity index (χ0v) is 17.1. The zero-order chi connectivity index (χ0) is 19.7. The summed E-state index contributed by atoms with van der Waals surface area (Å²) in [6, 6.07) is 1.87. The quantitative estimate of drug-likeness (QED) is 0.327. The summed E-state index contributed by atoms with van der Waals surface area (Å²) < 4.78 is 16.6. The monoisotopic (exact) mass is 381 g/mol. The first-order valence-corrected chi connectivity index (χ1v) is 9.90. The summed E-state index contributed by atoms with van der Waals surface area (Å²) in [5.41, 5.74) is -0.291. The molecule has 2 rings (SSSR count). The molecular formula is C20H35N3O4. The summed E-state index contributed by atoms with van der Waals surface area (Å²) in [5, 5.41) is 17.3. The van der Waals surface area contributed by atoms with Crippen molar-refractivity contribution in [2.45, 2.75) is 46.1 Å². The van der Waals surface area contributed by atoms with Crippen LogP contribution in [0, 0.1) is 19.8 Å². The summed E-state index contributed by atoms with van der Waals surface area (Å²) in [5.74, 6) is 2.77. The van der Waals surface area contributed by atoms with E-state index in [1.165, 1.54) is 0 Å². The number of ether oxygens (including phenoxy) is 2. The first-order chi connectivity index (χ1) is 12.9. The Morgan fingerprint density at radius 2 is 2.22 bits per heavy atom. The number of hydrogen-bond donors (Lipinski definition) is 3. The first-order valence-electron chi connectivity index (χ1n) is 9.90. The molecular weight excluding hydrogens is 346 g/mol. The SMILES string of the molecule is CCNC(=NCC(C)(O)c1cc(C)oc1C)NCCCOCC1CCOC1. The zero-order valence-electron chi connectivity index (χ0n) is 17.1. The average molecular weight is 382 g/mol. The van der Waals surface area contributed by atoms with E-state index < -0.39 is 5.60 Å². The molecule has 2 atom stereocenters. The van der Waals surface area contributed by atoms with Crippen molar-refractivity contribution in [3.8, 4) is 0 Å². The Hall–Kier alpha value is -1.57. The minimum atomic E-state index is -1.07. The average Bonchev–Trinajstić information content (AvgIpc) is 3.25. The number of rotatable bonds is 10. The van der Waals surface area contributed by atoms with E-state index in [1.54, 1.807) is 6.92 Å². The molecule has 0 aromatic carbocycles. The van der Waals surface area contributed by atoms with E-state index in [0.717, 1.165) is 62.8 Å². The third-order valence-electron chi connectivity index (χ3n) is 4.65. The van der Waals surface area contributed by atoms with Gasteiger partial charge in [0.15, 0.2) is 5.96 Å². The van der Waals surface area contributed by atoms with Gasteiger partial charge in [-0.2, -0.15) is 0 Å². The maximum Gasteiger partial charge on any atom is 0.191 e. The molecule has 1 saturated heterocycles. The predicted molar refractivity (Wildman–Crippen MR) is 106 cm³/mol. The third-order valence-corrected chi connectivity index (χ3v) is 4.65. The number of aliphatic hydroxyl groups is 1. The second-order valence-corrected chi connectivity index (χ2v) is 7.38. The Balaban J connectivity index is 1.74. The van der Waals surface area contributed by atoms with Gasteiger partial charge < -0.3 is 29.6 Å². The molecule has 0 bridgehead atoms. The summed E-state index contributed by atoms with van der Waals surface area (Å²) in [7, 11) is 0. The fourth-order valence-electron chi connectivity index (χ4n) is 3.17. The lowest BCUT2D eigenvalue weighted by Crippen LogP contribution is -2.39. The van der Waals surface area contributed by atoms with E-state index in [9.17, 15) is 5.11 Å². The van der Waals surface area contributed by atoms with Gasteiger partial charge in [0.2, 0.25) is 0 Å². The van der Waals surface area contributed by atoms with Crippen LogP contribution in [0.4, 0.5) is 0 Å². The Bertz CT molecular complexity index is 592. The lowest BCUT2D eigenvalue weighted by Gasteiger charge is -2.21. The first kappa shape index (κ1) is 21.7. The van der Waals surface area contributed by atoms with Gasteiger partial charge >= 0.3 is 0 Å². The van der Waals surface area contributed by atoms with Crippen LogP contribution in [-0.2, 0) is 15.1 Å². The molecule has 0 amide bonds. The van der Waals surface area contributed by atoms with E-state index in [1.807, 2.05) is 26.8 Å². The second-order valence-electron chi connectivity index (χ2n) is 7.38. The Morgan fingerprint density at radius 3 is 2.85 bits per heavy atom. The van der Waals surface area contributed by atoms with Gasteiger partial charge in [0.25, 0.3) is 0 Å². The van der Waals surface area contributed by atoms with Crippen LogP contribution in [0.2, 0.25) is 0 Å². The van der Waals surface area contributed by atoms with Crippen molar-refractivity contribution in [2.75, 3.05) is 46.1 Å². The molecule has 0 spiro atoms. The van der Waals surface area contributed by atoms with Crippen LogP contribution >= 0.6 is 0 Å². The highest BCUT2D eigenvalue weighted by Gasteiger charge is 2.27. The van der Waals surface area contributed by atoms with Crippen molar-refractivity contribution in [1.82, 2.24) is 10.6 Å². The third kappa shape index (κ3) is 7.16. The molecule has 0 saturated carbocycles. The van der Waals surface area contributed by atoms with Crippen molar-refractivity contribution in [3.05, 3.63) is 23.2 Å². The standard InChI is InChI=1S/C20H35N3O4/c1-5-21-19(22-8-6-9-25-12-17-7-10-26-13-17)23-14-20(4,24)18-11-15(2)27-16(18)3/h11,17,24H,5-10,12-14H2,1-4H3,(H2,21,22,23). The van der Waals surface area contributed by atoms with E-state index in [-0.39, 0.29) is 6.54 Å². The molecule has 1 fully saturated rings. The van der Waals surface area contributed by atoms with Crippen LogP contribution < -0.4 is 10.6 Å². The molecule has 1 aromatic rings. The summed E-state index contributed by atoms with van der Waals surface area (Å²) in [4.78, 5) is 4.54. The number of guanidine groups is 1. The highest BCUT2D eigenvalue weighted by atomic mass is 16.5. The van der Waals surface area contributed by atoms with Gasteiger partial charge in [0.05, 0.1) is 19.8 Å². The number of nitrogens with one attached hydrogen (secondary N) is 2. The predicted octanol–water partition coefficient (Wildman–Crippen LogP) is 2.10. The van der Waals surface area contributed by atoms with Gasteiger partial charge in [-0.05, 0) is 46.6 Å². The van der Waals surface area contributed by atoms with Crippen LogP contribution in [0.1, 0.15) is 43.8 Å². The van der Waals surface area contributed by atoms with E-state index in [0.29, 0.717) is 18.5 Å². The number of hydrogen-bond acceptors (Lipinski definition) is 5. The van der Waals surface area contributed by atoms with E-state index in [4.69, 9.17) is 13.9 Å². The summed E-state index contributed by atoms with van der Waals surface area (Å²) in [6.07, 6.45) is 2.00. The molecule has 7 heteroatoms. The molecule has 154 valence electrons. The number of furan rings is 1. The molecule has 1 aliphatic rings. The molecule has 1 aromatic heterocycles. The summed E-state index contributed by atoms with van der Waals surface area (Å²) in [6.45, 7) is 12.5. The van der Waals surface area contributed by atoms with E-state index >= 15 is 0 Å². The molecule has 3 N–H and O–H groups in total. The van der Waals surface area contributed by atoms with Crippen molar-refractivity contribution >= 4 is 5.96 Å². The van der Waals surface area contributed by atoms with Crippen molar-refractivity contribution in [3.63, 3.8) is 0 Å². The van der Waals surface area contributed by atoms with Crippen molar-refractivity contribution in [1.29, 1.82) is 0 Å². The minimum absolute atomic E-state index is 0.250. The molecule has 1 aliphatic heterocycles. The van der Waals surface area contributed by atoms with Gasteiger partial charge in [-0.3, -0.25) is 0 Å². The van der Waals surface area contributed by atoms with Crippen molar-refractivity contribution in [2.24, 2.45) is 10.9 Å². The summed E-state index contributed by atoms with van der Waals surface area (Å²) >= 11 is 0. The second kappa shape index (κ2) is 10.7. The Labute approximate surface area is 162 Å². The normalized spacial score (nSPS) is 19.9. The fourth-order valence-corrected chi connectivity index (χ4v) is 3.17. The molecule has 2 unspecified atom stereocenters. The fraction of sp³-hybridized carbons (Fsp3) is 0.750. The molecule has 27 heavy (non-hydrogen) atoms. The minimum Gasteiger partial charge on any atom is -0.466 e. The lowest BCUT2D eigenvalue weighted by atomic mass is 9.96. The van der Waals surface area contributed by atoms with Crippen LogP contribution in [0.25, 0.3) is 0 Å². The van der Waals surface area contributed by atoms with Gasteiger partial charge in [-0.25, -0.2) is 4.99 Å². The molecule has 2 heterocycles. The smallest absolute Gasteiger partial charge is 0.191 e. The number of nitrogens with zero attached hydrogens (tertiary/aromatic N) is 1. The van der Waals surface area contributed by atoms with Gasteiger partial charge in [0, 0.05) is 37.8 Å². The highest BCUT2D eigenvalue weighted by Crippen LogP contribution is 2.27. The Morgan fingerprint density at radius 1 is 1.41 bits per heavy atom. The number of aryl methyl sites for hydroxylation is 2. The van der Waals surface area contributed by atoms with Gasteiger partial charge in [-0.1, -0.05) is 0 Å². The topological polar surface area (TPSA) is 88.3 Å². The molecule has 7 nitrogen and oxygen atoms in total. The Kier molecular flexibility index (Phi) is 8.60. The maximum atomic E-state index is 10.8. The van der Waals surface area contributed by atoms with E-state index in [2.05, 4.69) is 15.6 Å². The van der Waals surface area contributed by atoms with Gasteiger partial charge in [-0.15, -0.1) is 0 Å². The van der Waals surface area contributed by atoms with Crippen LogP contribution in [0.3, 0.4) is 0 Å². The van der Waals surface area contributed by atoms with Crippen molar-refractivity contribution < 1.29 is 19.0 Å². The van der Waals surface area contributed by atoms with Crippen LogP contribution in [0.5, 0.6) is 0 Å². The number of aliphatic imine (C=N–C) groups is 1. The van der Waals surface area contributed by atoms with Crippen LogP contribution in [-0.4, -0.2) is 57.1 Å². The van der Waals surface area contributed by atoms with Gasteiger partial charge in [0.1, 0.15) is 17.1 Å². The highest BCUT2D eigenvalue weighted by molar-refractivity contribution is 5.79.